The summed E-state index contributed by atoms with van der Waals surface area (Å²) in [7, 11) is -3.88. The smallest absolute Gasteiger partial charge is 0.475 e. The lowest BCUT2D eigenvalue weighted by atomic mass is 10.2. The Kier molecular flexibility index (Phi) is 9.66. The number of sulfone groups is 1. The van der Waals surface area contributed by atoms with Gasteiger partial charge in [-0.1, -0.05) is 29.3 Å². The van der Waals surface area contributed by atoms with Crippen molar-refractivity contribution in [3.8, 4) is 0 Å². The number of aromatic nitrogens is 2. The van der Waals surface area contributed by atoms with Crippen LogP contribution in [0.3, 0.4) is 0 Å². The van der Waals surface area contributed by atoms with Crippen molar-refractivity contribution in [1.82, 2.24) is 9.55 Å². The number of rotatable bonds is 6. The fraction of sp³-hybridized carbons (Fsp3) is 0.136. The number of alkyl halides is 3. The van der Waals surface area contributed by atoms with Gasteiger partial charge in [-0.2, -0.15) is 13.2 Å². The third-order valence-corrected chi connectivity index (χ3v) is 10.6. The van der Waals surface area contributed by atoms with E-state index in [1.54, 1.807) is 41.4 Å². The van der Waals surface area contributed by atoms with Crippen molar-refractivity contribution >= 4 is 94.9 Å². The second kappa shape index (κ2) is 12.1. The SMILES string of the molecule is CSc1sc(C(=N)N)cc1S(=O)(=O)c1cc(Br)c2ncn(Cc3c(Cl)cccc3Cl)c2c1.O=C(O)C(F)(F)F. The van der Waals surface area contributed by atoms with Gasteiger partial charge in [0.25, 0.3) is 0 Å². The van der Waals surface area contributed by atoms with E-state index >= 15 is 0 Å². The minimum absolute atomic E-state index is 0.104. The van der Waals surface area contributed by atoms with Gasteiger partial charge in [-0.25, -0.2) is 18.2 Å². The summed E-state index contributed by atoms with van der Waals surface area (Å²) in [5, 5.41) is 15.8. The van der Waals surface area contributed by atoms with Gasteiger partial charge in [0.1, 0.15) is 11.4 Å². The molecule has 0 atom stereocenters. The van der Waals surface area contributed by atoms with Gasteiger partial charge in [-0.3, -0.25) is 5.41 Å². The molecule has 4 rings (SSSR count). The van der Waals surface area contributed by atoms with Crippen LogP contribution in [0.5, 0.6) is 0 Å². The second-order valence-corrected chi connectivity index (χ2v) is 13.2. The molecule has 0 aliphatic carbocycles. The summed E-state index contributed by atoms with van der Waals surface area (Å²) < 4.78 is 61.7. The fourth-order valence-electron chi connectivity index (χ4n) is 3.18. The Hall–Kier alpha value is -2.30. The number of imidazole rings is 1. The van der Waals surface area contributed by atoms with E-state index in [4.69, 9.17) is 44.2 Å². The van der Waals surface area contributed by atoms with Crippen molar-refractivity contribution in [2.45, 2.75) is 26.7 Å². The molecular weight excluding hydrogens is 688 g/mol. The molecule has 8 nitrogen and oxygen atoms in total. The first-order valence-electron chi connectivity index (χ1n) is 10.2. The Morgan fingerprint density at radius 1 is 1.26 bits per heavy atom. The van der Waals surface area contributed by atoms with Crippen LogP contribution in [-0.2, 0) is 21.2 Å². The third kappa shape index (κ3) is 6.89. The van der Waals surface area contributed by atoms with Gasteiger partial charge in [0, 0.05) is 20.1 Å². The lowest BCUT2D eigenvalue weighted by molar-refractivity contribution is -0.192. The number of fused-ring (bicyclic) bond motifs is 1. The summed E-state index contributed by atoms with van der Waals surface area (Å²) in [5.74, 6) is -2.93. The van der Waals surface area contributed by atoms with Crippen LogP contribution in [0, 0.1) is 5.41 Å². The highest BCUT2D eigenvalue weighted by atomic mass is 79.9. The van der Waals surface area contributed by atoms with Crippen LogP contribution in [0.15, 0.2) is 61.2 Å². The number of carbonyl (C=O) groups is 1. The first kappa shape index (κ1) is 31.2. The van der Waals surface area contributed by atoms with E-state index in [0.29, 0.717) is 46.7 Å². The highest BCUT2D eigenvalue weighted by molar-refractivity contribution is 9.10. The largest absolute Gasteiger partial charge is 0.490 e. The molecule has 0 bridgehead atoms. The lowest BCUT2D eigenvalue weighted by Crippen LogP contribution is -2.21. The Bertz CT molecular complexity index is 1670. The number of hydrogen-bond donors (Lipinski definition) is 3. The quantitative estimate of drug-likeness (QED) is 0.116. The van der Waals surface area contributed by atoms with Gasteiger partial charge < -0.3 is 15.4 Å². The molecular formula is C22H16BrCl2F3N4O4S3. The van der Waals surface area contributed by atoms with Crippen LogP contribution in [0.1, 0.15) is 10.4 Å². The molecule has 0 amide bonds. The zero-order chi connectivity index (χ0) is 29.3. The highest BCUT2D eigenvalue weighted by Crippen LogP contribution is 2.39. The molecule has 4 N–H and O–H groups in total. The number of amidine groups is 1. The summed E-state index contributed by atoms with van der Waals surface area (Å²) in [6, 6.07) is 9.84. The van der Waals surface area contributed by atoms with Crippen molar-refractivity contribution in [2.75, 3.05) is 6.26 Å². The van der Waals surface area contributed by atoms with E-state index in [-0.39, 0.29) is 15.6 Å². The van der Waals surface area contributed by atoms with Gasteiger partial charge in [-0.05, 0) is 52.5 Å². The molecule has 2 aromatic heterocycles. The van der Waals surface area contributed by atoms with Gasteiger partial charge in [-0.15, -0.1) is 23.1 Å². The van der Waals surface area contributed by atoms with Crippen molar-refractivity contribution in [1.29, 1.82) is 5.41 Å². The number of nitrogens with two attached hydrogens (primary N) is 1. The van der Waals surface area contributed by atoms with E-state index in [9.17, 15) is 21.6 Å². The maximum Gasteiger partial charge on any atom is 0.490 e. The molecule has 2 heterocycles. The fourth-order valence-corrected chi connectivity index (χ4v) is 8.30. The van der Waals surface area contributed by atoms with E-state index < -0.39 is 22.0 Å². The van der Waals surface area contributed by atoms with Crippen LogP contribution in [0.2, 0.25) is 10.0 Å². The predicted octanol–water partition coefficient (Wildman–Crippen LogP) is 6.69. The van der Waals surface area contributed by atoms with Crippen molar-refractivity contribution in [2.24, 2.45) is 5.73 Å². The molecule has 17 heteroatoms. The number of hydrogen-bond acceptors (Lipinski definition) is 7. The number of halogens is 6. The van der Waals surface area contributed by atoms with E-state index in [1.807, 2.05) is 0 Å². The lowest BCUT2D eigenvalue weighted by Gasteiger charge is -2.10. The summed E-state index contributed by atoms with van der Waals surface area (Å²) in [6.07, 6.45) is -1.67. The van der Waals surface area contributed by atoms with Crippen LogP contribution in [-0.4, -0.2) is 47.3 Å². The number of thiophene rings is 1. The summed E-state index contributed by atoms with van der Waals surface area (Å²) in [5.41, 5.74) is 7.53. The number of carboxylic acid groups (broad SMARTS) is 1. The van der Waals surface area contributed by atoms with E-state index in [0.717, 1.165) is 0 Å². The second-order valence-electron chi connectivity index (χ2n) is 7.53. The number of benzene rings is 2. The zero-order valence-electron chi connectivity index (χ0n) is 19.4. The van der Waals surface area contributed by atoms with Crippen molar-refractivity contribution in [3.05, 3.63) is 67.7 Å². The van der Waals surface area contributed by atoms with Crippen molar-refractivity contribution in [3.63, 3.8) is 0 Å². The normalized spacial score (nSPS) is 11.8. The Morgan fingerprint density at radius 2 is 1.85 bits per heavy atom. The predicted molar refractivity (Wildman–Crippen MR) is 149 cm³/mol. The van der Waals surface area contributed by atoms with Gasteiger partial charge in [0.05, 0.1) is 37.3 Å². The first-order valence-corrected chi connectivity index (χ1v) is 15.3. The van der Waals surface area contributed by atoms with Gasteiger partial charge in [0.2, 0.25) is 9.84 Å². The highest BCUT2D eigenvalue weighted by Gasteiger charge is 2.38. The maximum absolute atomic E-state index is 13.5. The third-order valence-electron chi connectivity index (χ3n) is 5.00. The molecule has 0 saturated carbocycles. The van der Waals surface area contributed by atoms with Crippen LogP contribution >= 0.6 is 62.2 Å². The van der Waals surface area contributed by atoms with Crippen LogP contribution in [0.4, 0.5) is 13.2 Å². The number of nitrogens with zero attached hydrogens (tertiary/aromatic N) is 2. The zero-order valence-corrected chi connectivity index (χ0v) is 24.9. The molecule has 0 unspecified atom stereocenters. The Balaban J connectivity index is 0.000000532. The molecule has 0 fully saturated rings. The standard InChI is InChI=1S/C20H15BrCl2N4O2S3.C2HF3O2/c1-30-20-17(7-16(31-20)19(24)25)32(28,29)10-5-12(21)18-15(6-10)27(9-26-18)8-11-13(22)3-2-4-14(11)23;3-2(4,5)1(6)7/h2-7,9H,8H2,1H3,(H3,24,25);(H,6,7). The average molecular weight is 704 g/mol. The van der Waals surface area contributed by atoms with Crippen molar-refractivity contribution < 1.29 is 31.5 Å². The minimum atomic E-state index is -5.08. The van der Waals surface area contributed by atoms with Gasteiger partial charge in [0.15, 0.2) is 0 Å². The molecule has 4 aromatic rings. The number of nitrogen functional groups attached to an aromatic ring is 1. The summed E-state index contributed by atoms with van der Waals surface area (Å²) >= 11 is 18.6. The molecule has 0 saturated heterocycles. The molecule has 39 heavy (non-hydrogen) atoms. The van der Waals surface area contributed by atoms with E-state index in [2.05, 4.69) is 20.9 Å². The first-order chi connectivity index (χ1) is 18.1. The van der Waals surface area contributed by atoms with Crippen LogP contribution in [0.25, 0.3) is 11.0 Å². The number of carboxylic acids is 1. The topological polar surface area (TPSA) is 139 Å². The Morgan fingerprint density at radius 3 is 2.36 bits per heavy atom. The molecule has 2 aromatic carbocycles. The molecule has 0 radical (unpaired) electrons. The number of nitrogens with one attached hydrogen (secondary N) is 1. The average Bonchev–Trinajstić information content (AvgIpc) is 3.46. The summed E-state index contributed by atoms with van der Waals surface area (Å²) in [4.78, 5) is 14.0. The molecule has 0 spiro atoms. The minimum Gasteiger partial charge on any atom is -0.475 e. The van der Waals surface area contributed by atoms with E-state index in [1.165, 1.54) is 35.2 Å². The molecule has 208 valence electrons. The van der Waals surface area contributed by atoms with Crippen LogP contribution < -0.4 is 5.73 Å². The maximum atomic E-state index is 13.5. The number of thioether (sulfide) groups is 1. The monoisotopic (exact) mass is 702 g/mol. The Labute approximate surface area is 246 Å². The molecule has 0 aliphatic rings. The number of aliphatic carboxylic acids is 1. The summed E-state index contributed by atoms with van der Waals surface area (Å²) in [6.45, 7) is 0.327. The van der Waals surface area contributed by atoms with Gasteiger partial charge >= 0.3 is 12.1 Å². The molecule has 0 aliphatic heterocycles.